The van der Waals surface area contributed by atoms with Crippen molar-refractivity contribution in [1.29, 1.82) is 0 Å². The number of rotatable bonds is 0. The largest absolute Gasteiger partial charge is 0.358 e. The SMILES string of the molecule is CC.CC.CN1CC[N+](C)(C)CC1.C[N+](C)(C)C.C[N+]1(C)CC[N+](C)(C)CC1.C[n+]1ccccc1.[CH3-].[CH3-].[CH3-].[CH3-].[CH3-]. The van der Waals surface area contributed by atoms with Crippen LogP contribution in [-0.2, 0) is 7.05 Å². The number of pyridine rings is 1. The molecule has 40 heavy (non-hydrogen) atoms. The van der Waals surface area contributed by atoms with Crippen LogP contribution in [0.3, 0.4) is 0 Å². The third-order valence-corrected chi connectivity index (χ3v) is 5.66. The Morgan fingerprint density at radius 2 is 0.750 bits per heavy atom. The topological polar surface area (TPSA) is 7.12 Å². The van der Waals surface area contributed by atoms with E-state index in [0.29, 0.717) is 0 Å². The van der Waals surface area contributed by atoms with E-state index in [0.717, 1.165) is 4.48 Å². The fourth-order valence-electron chi connectivity index (χ4n) is 2.90. The molecule has 0 amide bonds. The van der Waals surface area contributed by atoms with E-state index in [9.17, 15) is 0 Å². The molecule has 6 nitrogen and oxygen atoms in total. The molecule has 0 unspecified atom stereocenters. The molecule has 0 saturated carbocycles. The van der Waals surface area contributed by atoms with Crippen molar-refractivity contribution in [1.82, 2.24) is 4.90 Å². The average molecular weight is 577 g/mol. The summed E-state index contributed by atoms with van der Waals surface area (Å²) in [6.45, 7) is 18.4. The van der Waals surface area contributed by atoms with Crippen molar-refractivity contribution in [3.63, 3.8) is 0 Å². The molecule has 6 heteroatoms. The van der Waals surface area contributed by atoms with Crippen LogP contribution in [0.15, 0.2) is 30.6 Å². The van der Waals surface area contributed by atoms with Crippen molar-refractivity contribution in [3.05, 3.63) is 67.7 Å². The Hall–Kier alpha value is -1.05. The van der Waals surface area contributed by atoms with Gasteiger partial charge in [0.2, 0.25) is 0 Å². The van der Waals surface area contributed by atoms with Crippen molar-refractivity contribution in [2.45, 2.75) is 27.7 Å². The number of quaternary nitrogens is 4. The summed E-state index contributed by atoms with van der Waals surface area (Å²) in [6, 6.07) is 6.00. The van der Waals surface area contributed by atoms with Gasteiger partial charge in [0.25, 0.3) is 0 Å². The minimum absolute atomic E-state index is 0. The minimum atomic E-state index is 0. The zero-order chi connectivity index (χ0) is 28.3. The molecule has 0 N–H and O–H groups in total. The highest BCUT2D eigenvalue weighted by atomic mass is 15.4. The maximum absolute atomic E-state index is 2.39. The second-order valence-corrected chi connectivity index (χ2v) is 12.7. The zero-order valence-corrected chi connectivity index (χ0v) is 32.2. The Labute approximate surface area is 259 Å². The Balaban J connectivity index is -0.0000000535. The fourth-order valence-corrected chi connectivity index (χ4v) is 2.90. The summed E-state index contributed by atoms with van der Waals surface area (Å²) in [5, 5.41) is 0. The maximum atomic E-state index is 2.39. The molecule has 3 heterocycles. The normalized spacial score (nSPS) is 17.2. The Morgan fingerprint density at radius 1 is 0.525 bits per heavy atom. The lowest BCUT2D eigenvalue weighted by molar-refractivity contribution is -0.998. The van der Waals surface area contributed by atoms with Crippen LogP contribution in [0.1, 0.15) is 27.7 Å². The van der Waals surface area contributed by atoms with E-state index in [1.165, 1.54) is 65.8 Å². The van der Waals surface area contributed by atoms with Gasteiger partial charge in [-0.25, -0.2) is 4.57 Å². The van der Waals surface area contributed by atoms with Gasteiger partial charge in [0.05, 0.1) is 83.6 Å². The lowest BCUT2D eigenvalue weighted by Gasteiger charge is -2.42. The molecule has 0 radical (unpaired) electrons. The van der Waals surface area contributed by atoms with Crippen molar-refractivity contribution in [2.24, 2.45) is 7.05 Å². The predicted molar refractivity (Wildman–Crippen MR) is 189 cm³/mol. The van der Waals surface area contributed by atoms with Gasteiger partial charge >= 0.3 is 0 Å². The smallest absolute Gasteiger partial charge is 0.168 e. The Kier molecular flexibility index (Phi) is 43.1. The predicted octanol–water partition coefficient (Wildman–Crippen LogP) is 5.30. The molecule has 2 fully saturated rings. The first-order chi connectivity index (χ1) is 15.9. The number of aromatic nitrogens is 1. The van der Waals surface area contributed by atoms with Gasteiger partial charge in [0.1, 0.15) is 33.2 Å². The van der Waals surface area contributed by atoms with Crippen LogP contribution in [0.5, 0.6) is 0 Å². The Bertz CT molecular complexity index is 548. The highest BCUT2D eigenvalue weighted by Crippen LogP contribution is 2.09. The van der Waals surface area contributed by atoms with E-state index in [2.05, 4.69) is 82.4 Å². The Morgan fingerprint density at radius 3 is 0.925 bits per heavy atom. The summed E-state index contributed by atoms with van der Waals surface area (Å²) >= 11 is 0. The molecule has 1 aromatic rings. The first-order valence-corrected chi connectivity index (χ1v) is 13.7. The highest BCUT2D eigenvalue weighted by Gasteiger charge is 2.30. The lowest BCUT2D eigenvalue weighted by atomic mass is 10.2. The standard InChI is InChI=1S/C8H20N2.C7H17N2.C6H8N.C4H12N.2C2H6.5CH3/c1-9(2)5-7-10(3,4)8-6-9;1-8-4-6-9(2,3)7-5-8;1-7-5-3-2-4-6-7;1-5(2,3)4;2*1-2;;;;;/h5-8H2,1-4H3;4-7H2,1-3H3;2-6H,1H3;1-4H3;2*1-2H3;5*1H3/q+2;3*+1;;;5*-1. The summed E-state index contributed by atoms with van der Waals surface area (Å²) in [5.41, 5.74) is 0. The van der Waals surface area contributed by atoms with Gasteiger partial charge in [-0.05, 0) is 7.05 Å². The van der Waals surface area contributed by atoms with Gasteiger partial charge < -0.3 is 55.1 Å². The van der Waals surface area contributed by atoms with E-state index in [1.807, 2.05) is 69.9 Å². The lowest BCUT2D eigenvalue weighted by Crippen LogP contribution is -2.60. The van der Waals surface area contributed by atoms with Crippen molar-refractivity contribution >= 4 is 0 Å². The molecule has 0 bridgehead atoms. The summed E-state index contributed by atoms with van der Waals surface area (Å²) in [5.74, 6) is 0. The van der Waals surface area contributed by atoms with Gasteiger partial charge in [-0.15, -0.1) is 0 Å². The van der Waals surface area contributed by atoms with Crippen molar-refractivity contribution < 1.29 is 22.5 Å². The molecule has 2 aliphatic heterocycles. The molecular formula is C34H84N6. The molecule has 0 atom stereocenters. The zero-order valence-electron chi connectivity index (χ0n) is 32.2. The molecule has 2 saturated heterocycles. The van der Waals surface area contributed by atoms with Crippen LogP contribution in [0.25, 0.3) is 0 Å². The molecule has 1 aromatic heterocycles. The second kappa shape index (κ2) is 29.4. The molecule has 0 aromatic carbocycles. The maximum Gasteiger partial charge on any atom is 0.168 e. The average Bonchev–Trinajstić information content (AvgIpc) is 2.76. The number of piperazine rings is 2. The number of hydrogen-bond acceptors (Lipinski definition) is 1. The summed E-state index contributed by atoms with van der Waals surface area (Å²) < 4.78 is 6.62. The van der Waals surface area contributed by atoms with Gasteiger partial charge in [-0.2, -0.15) is 0 Å². The summed E-state index contributed by atoms with van der Waals surface area (Å²) in [6.07, 6.45) is 4.00. The van der Waals surface area contributed by atoms with Gasteiger partial charge in [0.15, 0.2) is 12.4 Å². The van der Waals surface area contributed by atoms with Crippen LogP contribution in [0.2, 0.25) is 0 Å². The fraction of sp³-hybridized carbons (Fsp3) is 0.706. The third kappa shape index (κ3) is 44.0. The molecule has 3 rings (SSSR count). The molecule has 0 aliphatic carbocycles. The molecule has 250 valence electrons. The number of nitrogens with zero attached hydrogens (tertiary/aromatic N) is 6. The van der Waals surface area contributed by atoms with E-state index in [-0.39, 0.29) is 37.1 Å². The van der Waals surface area contributed by atoms with E-state index in [4.69, 9.17) is 0 Å². The second-order valence-electron chi connectivity index (χ2n) is 12.7. The van der Waals surface area contributed by atoms with Crippen molar-refractivity contribution in [3.8, 4) is 0 Å². The highest BCUT2D eigenvalue weighted by molar-refractivity contribution is 4.83. The van der Waals surface area contributed by atoms with E-state index >= 15 is 0 Å². The van der Waals surface area contributed by atoms with Crippen LogP contribution < -0.4 is 4.57 Å². The first-order valence-electron chi connectivity index (χ1n) is 13.7. The van der Waals surface area contributed by atoms with Crippen molar-refractivity contribution in [2.75, 3.05) is 130 Å². The monoisotopic (exact) mass is 577 g/mol. The van der Waals surface area contributed by atoms with E-state index in [1.54, 1.807) is 0 Å². The number of hydrogen-bond donors (Lipinski definition) is 0. The van der Waals surface area contributed by atoms with Gasteiger partial charge in [-0.3, -0.25) is 4.90 Å². The van der Waals surface area contributed by atoms with Crippen LogP contribution in [0, 0.1) is 37.1 Å². The summed E-state index contributed by atoms with van der Waals surface area (Å²) in [4.78, 5) is 2.39. The molecule has 0 spiro atoms. The van der Waals surface area contributed by atoms with E-state index < -0.39 is 0 Å². The van der Waals surface area contributed by atoms with Gasteiger partial charge in [-0.1, -0.05) is 33.8 Å². The van der Waals surface area contributed by atoms with Crippen LogP contribution >= 0.6 is 0 Å². The quantitative estimate of drug-likeness (QED) is 0.231. The summed E-state index contributed by atoms with van der Waals surface area (Å²) in [7, 11) is 26.6. The molecule has 2 aliphatic rings. The molecular weight excluding hydrogens is 492 g/mol. The number of likely N-dealkylation sites (N-methyl/N-ethyl adjacent to an activating group) is 4. The van der Waals surface area contributed by atoms with Crippen LogP contribution in [0.4, 0.5) is 0 Å². The number of aryl methyl sites for hydroxylation is 1. The first kappa shape index (κ1) is 58.6. The van der Waals surface area contributed by atoms with Crippen LogP contribution in [-0.4, -0.2) is 153 Å². The van der Waals surface area contributed by atoms with Gasteiger partial charge in [0, 0.05) is 25.2 Å². The third-order valence-electron chi connectivity index (χ3n) is 5.66. The minimum Gasteiger partial charge on any atom is -0.358 e.